The minimum Gasteiger partial charge on any atom is -0.362 e. The molecule has 0 fully saturated rings. The first-order chi connectivity index (χ1) is 7.17. The Morgan fingerprint density at radius 3 is 2.60 bits per heavy atom. The van der Waals surface area contributed by atoms with Crippen molar-refractivity contribution in [2.75, 3.05) is 5.75 Å². The third kappa shape index (κ3) is 4.06. The van der Waals surface area contributed by atoms with Gasteiger partial charge in [0.15, 0.2) is 5.17 Å². The van der Waals surface area contributed by atoms with Crippen LogP contribution in [-0.4, -0.2) is 23.0 Å². The molecule has 1 aliphatic rings. The van der Waals surface area contributed by atoms with Gasteiger partial charge in [-0.2, -0.15) is 0 Å². The molecule has 0 bridgehead atoms. The average Bonchev–Trinajstić information content (AvgIpc) is 2.26. The highest BCUT2D eigenvalue weighted by Gasteiger charge is 2.19. The Balaban J connectivity index is 2.53. The van der Waals surface area contributed by atoms with Gasteiger partial charge < -0.3 is 5.32 Å². The van der Waals surface area contributed by atoms with Crippen molar-refractivity contribution in [1.82, 2.24) is 5.32 Å². The Morgan fingerprint density at radius 1 is 1.40 bits per heavy atom. The molecule has 1 N–H and O–H groups in total. The lowest BCUT2D eigenvalue weighted by molar-refractivity contribution is 0.479. The van der Waals surface area contributed by atoms with Crippen LogP contribution in [0.25, 0.3) is 0 Å². The van der Waals surface area contributed by atoms with Crippen molar-refractivity contribution in [1.29, 1.82) is 0 Å². The van der Waals surface area contributed by atoms with Gasteiger partial charge in [-0.25, -0.2) is 0 Å². The molecule has 0 spiro atoms. The molecular formula is C12H24N2S. The maximum absolute atomic E-state index is 4.79. The summed E-state index contributed by atoms with van der Waals surface area (Å²) in [7, 11) is 0. The van der Waals surface area contributed by atoms with Crippen LogP contribution in [0.15, 0.2) is 4.99 Å². The van der Waals surface area contributed by atoms with E-state index in [2.05, 4.69) is 33.0 Å². The molecule has 0 saturated carbocycles. The highest BCUT2D eigenvalue weighted by Crippen LogP contribution is 2.22. The summed E-state index contributed by atoms with van der Waals surface area (Å²) >= 11 is 1.88. The molecule has 1 unspecified atom stereocenters. The van der Waals surface area contributed by atoms with Crippen LogP contribution in [0, 0.1) is 5.92 Å². The summed E-state index contributed by atoms with van der Waals surface area (Å²) in [6, 6.07) is 1.13. The van der Waals surface area contributed by atoms with Crippen LogP contribution in [0.3, 0.4) is 0 Å². The van der Waals surface area contributed by atoms with Gasteiger partial charge in [0.2, 0.25) is 0 Å². The smallest absolute Gasteiger partial charge is 0.157 e. The fourth-order valence-corrected chi connectivity index (χ4v) is 2.77. The van der Waals surface area contributed by atoms with Gasteiger partial charge in [0.25, 0.3) is 0 Å². The maximum Gasteiger partial charge on any atom is 0.157 e. The first-order valence-electron chi connectivity index (χ1n) is 6.14. The highest BCUT2D eigenvalue weighted by molar-refractivity contribution is 8.13. The van der Waals surface area contributed by atoms with Crippen molar-refractivity contribution in [3.8, 4) is 0 Å². The van der Waals surface area contributed by atoms with E-state index in [-0.39, 0.29) is 0 Å². The van der Waals surface area contributed by atoms with Gasteiger partial charge in [-0.15, -0.1) is 0 Å². The molecule has 0 aromatic rings. The number of hydrogen-bond acceptors (Lipinski definition) is 3. The summed E-state index contributed by atoms with van der Waals surface area (Å²) < 4.78 is 0. The minimum absolute atomic E-state index is 0.531. The lowest BCUT2D eigenvalue weighted by Gasteiger charge is -2.25. The summed E-state index contributed by atoms with van der Waals surface area (Å²) in [6.07, 6.45) is 3.60. The fraction of sp³-hybridized carbons (Fsp3) is 0.917. The van der Waals surface area contributed by atoms with E-state index in [1.807, 2.05) is 11.8 Å². The van der Waals surface area contributed by atoms with Gasteiger partial charge in [0, 0.05) is 11.8 Å². The molecule has 0 aromatic carbocycles. The van der Waals surface area contributed by atoms with Gasteiger partial charge in [-0.05, 0) is 25.2 Å². The molecule has 1 heterocycles. The van der Waals surface area contributed by atoms with Crippen molar-refractivity contribution >= 4 is 16.9 Å². The topological polar surface area (TPSA) is 24.4 Å². The van der Waals surface area contributed by atoms with Gasteiger partial charge >= 0.3 is 0 Å². The molecule has 1 aliphatic heterocycles. The number of nitrogens with one attached hydrogen (secondary N) is 1. The lowest BCUT2D eigenvalue weighted by Crippen LogP contribution is -2.35. The number of rotatable bonds is 4. The molecule has 0 amide bonds. The van der Waals surface area contributed by atoms with Crippen LogP contribution < -0.4 is 5.32 Å². The SMILES string of the molecule is CCC(CC)NC1=NC(C(C)C)CCS1. The van der Waals surface area contributed by atoms with E-state index < -0.39 is 0 Å². The van der Waals surface area contributed by atoms with Crippen molar-refractivity contribution in [2.45, 2.75) is 59.0 Å². The Hall–Kier alpha value is -0.180. The van der Waals surface area contributed by atoms with Crippen LogP contribution in [0.2, 0.25) is 0 Å². The molecule has 0 aromatic heterocycles. The third-order valence-electron chi connectivity index (χ3n) is 3.02. The summed E-state index contributed by atoms with van der Waals surface area (Å²) in [6.45, 7) is 8.99. The van der Waals surface area contributed by atoms with Crippen LogP contribution in [0.1, 0.15) is 47.0 Å². The normalized spacial score (nSPS) is 22.0. The Labute approximate surface area is 98.3 Å². The Kier molecular flexibility index (Phi) is 5.51. The third-order valence-corrected chi connectivity index (χ3v) is 3.95. The van der Waals surface area contributed by atoms with Crippen molar-refractivity contribution in [3.63, 3.8) is 0 Å². The molecule has 2 nitrogen and oxygen atoms in total. The monoisotopic (exact) mass is 228 g/mol. The average molecular weight is 228 g/mol. The van der Waals surface area contributed by atoms with E-state index >= 15 is 0 Å². The lowest BCUT2D eigenvalue weighted by atomic mass is 10.0. The van der Waals surface area contributed by atoms with E-state index in [4.69, 9.17) is 4.99 Å². The maximum atomic E-state index is 4.79. The minimum atomic E-state index is 0.531. The second-order valence-electron chi connectivity index (χ2n) is 4.54. The van der Waals surface area contributed by atoms with E-state index in [0.29, 0.717) is 18.0 Å². The van der Waals surface area contributed by atoms with Gasteiger partial charge in [0.1, 0.15) is 0 Å². The fourth-order valence-electron chi connectivity index (χ4n) is 1.76. The number of hydrogen-bond donors (Lipinski definition) is 1. The molecule has 88 valence electrons. The number of nitrogens with zero attached hydrogens (tertiary/aromatic N) is 1. The number of thioether (sulfide) groups is 1. The van der Waals surface area contributed by atoms with Gasteiger partial charge in [-0.3, -0.25) is 4.99 Å². The summed E-state index contributed by atoms with van der Waals surface area (Å²) in [5.74, 6) is 1.89. The molecule has 0 radical (unpaired) electrons. The van der Waals surface area contributed by atoms with Crippen LogP contribution in [0.5, 0.6) is 0 Å². The summed E-state index contributed by atoms with van der Waals surface area (Å²) in [5.41, 5.74) is 0. The van der Waals surface area contributed by atoms with Gasteiger partial charge in [-0.1, -0.05) is 39.5 Å². The zero-order valence-electron chi connectivity index (χ0n) is 10.4. The molecule has 1 rings (SSSR count). The van der Waals surface area contributed by atoms with Crippen LogP contribution in [-0.2, 0) is 0 Å². The number of amidine groups is 1. The molecule has 0 aliphatic carbocycles. The standard InChI is InChI=1S/C12H24N2S/c1-5-10(6-2)13-12-14-11(9(3)4)7-8-15-12/h9-11H,5-8H2,1-4H3,(H,13,14). The molecular weight excluding hydrogens is 204 g/mol. The summed E-state index contributed by atoms with van der Waals surface area (Å²) in [4.78, 5) is 4.79. The Morgan fingerprint density at radius 2 is 2.07 bits per heavy atom. The predicted molar refractivity (Wildman–Crippen MR) is 70.6 cm³/mol. The van der Waals surface area contributed by atoms with E-state index in [1.165, 1.54) is 30.2 Å². The second kappa shape index (κ2) is 6.41. The Bertz CT molecular complexity index is 210. The molecule has 1 atom stereocenters. The quantitative estimate of drug-likeness (QED) is 0.798. The van der Waals surface area contributed by atoms with Crippen LogP contribution >= 0.6 is 11.8 Å². The van der Waals surface area contributed by atoms with Crippen LogP contribution in [0.4, 0.5) is 0 Å². The first kappa shape index (κ1) is 12.9. The molecule has 15 heavy (non-hydrogen) atoms. The summed E-state index contributed by atoms with van der Waals surface area (Å²) in [5, 5.41) is 4.73. The van der Waals surface area contributed by atoms with Crippen molar-refractivity contribution in [2.24, 2.45) is 10.9 Å². The van der Waals surface area contributed by atoms with Crippen molar-refractivity contribution in [3.05, 3.63) is 0 Å². The number of aliphatic imine (C=N–C) groups is 1. The zero-order chi connectivity index (χ0) is 11.3. The largest absolute Gasteiger partial charge is 0.362 e. The molecule has 3 heteroatoms. The van der Waals surface area contributed by atoms with E-state index in [0.717, 1.165) is 0 Å². The van der Waals surface area contributed by atoms with E-state index in [9.17, 15) is 0 Å². The predicted octanol–water partition coefficient (Wildman–Crippen LogP) is 3.28. The van der Waals surface area contributed by atoms with Gasteiger partial charge in [0.05, 0.1) is 6.04 Å². The zero-order valence-corrected chi connectivity index (χ0v) is 11.2. The first-order valence-corrected chi connectivity index (χ1v) is 7.13. The molecule has 0 saturated heterocycles. The second-order valence-corrected chi connectivity index (χ2v) is 5.62. The van der Waals surface area contributed by atoms with E-state index in [1.54, 1.807) is 0 Å². The highest BCUT2D eigenvalue weighted by atomic mass is 32.2. The van der Waals surface area contributed by atoms with Crippen molar-refractivity contribution < 1.29 is 0 Å².